The molecule has 0 aromatic carbocycles. The minimum atomic E-state index is -0.742. The van der Waals surface area contributed by atoms with Gasteiger partial charge in [0.2, 0.25) is 17.8 Å². The molecule has 0 aromatic heterocycles. The van der Waals surface area contributed by atoms with E-state index in [9.17, 15) is 24.0 Å². The molecule has 6 N–H and O–H groups in total. The van der Waals surface area contributed by atoms with E-state index in [-0.39, 0.29) is 30.6 Å². The van der Waals surface area contributed by atoms with Gasteiger partial charge in [0.1, 0.15) is 16.8 Å². The van der Waals surface area contributed by atoms with Crippen LogP contribution in [0, 0.1) is 0 Å². The van der Waals surface area contributed by atoms with Gasteiger partial charge in [-0.3, -0.25) is 25.2 Å². The zero-order chi connectivity index (χ0) is 36.6. The number of aliphatic imine (C=N–C) groups is 1. The van der Waals surface area contributed by atoms with E-state index in [1.165, 1.54) is 0 Å². The van der Waals surface area contributed by atoms with Crippen LogP contribution in [0.3, 0.4) is 0 Å². The molecule has 0 fully saturated rings. The van der Waals surface area contributed by atoms with Gasteiger partial charge in [0, 0.05) is 39.0 Å². The first-order valence-electron chi connectivity index (χ1n) is 17.0. The molecule has 5 amide bonds. The van der Waals surface area contributed by atoms with Gasteiger partial charge in [0.25, 0.3) is 0 Å². The number of carbonyl (C=O) groups is 5. The molecule has 0 aliphatic carbocycles. The number of nitrogens with zero attached hydrogens (tertiary/aromatic N) is 1. The van der Waals surface area contributed by atoms with Gasteiger partial charge < -0.3 is 35.5 Å². The second-order valence-electron chi connectivity index (χ2n) is 14.3. The first-order valence-corrected chi connectivity index (χ1v) is 17.0. The number of rotatable bonds is 19. The lowest BCUT2D eigenvalue weighted by molar-refractivity contribution is -0.126. The second-order valence-corrected chi connectivity index (χ2v) is 14.3. The van der Waals surface area contributed by atoms with Crippen molar-refractivity contribution in [1.82, 2.24) is 31.9 Å². The van der Waals surface area contributed by atoms with Crippen molar-refractivity contribution in [3.63, 3.8) is 0 Å². The Bertz CT molecular complexity index is 983. The molecule has 0 saturated carbocycles. The van der Waals surface area contributed by atoms with Crippen molar-refractivity contribution >= 4 is 36.1 Å². The highest BCUT2D eigenvalue weighted by Gasteiger charge is 2.21. The molecule has 15 nitrogen and oxygen atoms in total. The Kier molecular flexibility index (Phi) is 21.9. The molecular formula is C33H63N7O8. The van der Waals surface area contributed by atoms with Gasteiger partial charge in [0.15, 0.2) is 0 Å². The number of alkyl carbamates (subject to hydrolysis) is 3. The van der Waals surface area contributed by atoms with Crippen molar-refractivity contribution in [3.8, 4) is 0 Å². The van der Waals surface area contributed by atoms with Gasteiger partial charge in [0.05, 0.1) is 0 Å². The van der Waals surface area contributed by atoms with E-state index in [2.05, 4.69) is 36.9 Å². The maximum atomic E-state index is 12.2. The highest BCUT2D eigenvalue weighted by atomic mass is 16.6. The van der Waals surface area contributed by atoms with Gasteiger partial charge in [-0.15, -0.1) is 0 Å². The fourth-order valence-corrected chi connectivity index (χ4v) is 3.77. The maximum absolute atomic E-state index is 12.2. The predicted octanol–water partition coefficient (Wildman–Crippen LogP) is 4.25. The number of nitrogens with one attached hydrogen (secondary N) is 6. The normalized spacial score (nSPS) is 11.5. The number of guanidine groups is 1. The molecule has 0 saturated heterocycles. The fraction of sp³-hybridized carbons (Fsp3) is 0.818. The number of amides is 5. The Morgan fingerprint density at radius 2 is 0.875 bits per heavy atom. The van der Waals surface area contributed by atoms with Crippen LogP contribution in [0.4, 0.5) is 14.4 Å². The molecule has 0 aliphatic rings. The maximum Gasteiger partial charge on any atom is 0.414 e. The van der Waals surface area contributed by atoms with E-state index in [4.69, 9.17) is 14.2 Å². The highest BCUT2D eigenvalue weighted by Crippen LogP contribution is 2.08. The lowest BCUT2D eigenvalue weighted by atomic mass is 10.2. The summed E-state index contributed by atoms with van der Waals surface area (Å²) in [4.78, 5) is 64.3. The Morgan fingerprint density at radius 1 is 0.479 bits per heavy atom. The van der Waals surface area contributed by atoms with E-state index in [1.807, 2.05) is 20.8 Å². The van der Waals surface area contributed by atoms with Gasteiger partial charge in [-0.05, 0) is 108 Å². The summed E-state index contributed by atoms with van der Waals surface area (Å²) >= 11 is 0. The molecule has 0 spiro atoms. The summed E-state index contributed by atoms with van der Waals surface area (Å²) in [5, 5.41) is 16.6. The zero-order valence-electron chi connectivity index (χ0n) is 30.8. The lowest BCUT2D eigenvalue weighted by Crippen LogP contribution is -2.47. The van der Waals surface area contributed by atoms with E-state index < -0.39 is 35.1 Å². The monoisotopic (exact) mass is 685 g/mol. The van der Waals surface area contributed by atoms with Gasteiger partial charge >= 0.3 is 18.3 Å². The molecule has 0 aliphatic heterocycles. The molecular weight excluding hydrogens is 622 g/mol. The van der Waals surface area contributed by atoms with Gasteiger partial charge in [-0.2, -0.15) is 0 Å². The van der Waals surface area contributed by atoms with Crippen molar-refractivity contribution < 1.29 is 38.2 Å². The van der Waals surface area contributed by atoms with Crippen molar-refractivity contribution in [2.45, 2.75) is 137 Å². The summed E-state index contributed by atoms with van der Waals surface area (Å²) in [5.74, 6) is -0.357. The van der Waals surface area contributed by atoms with Crippen LogP contribution in [0.2, 0.25) is 0 Å². The summed E-state index contributed by atoms with van der Waals surface area (Å²) in [5.41, 5.74) is -1.93. The Balaban J connectivity index is 3.99. The van der Waals surface area contributed by atoms with E-state index in [0.29, 0.717) is 32.6 Å². The SMILES string of the molecule is CC(C)(C)OC(=O)NCCCNCCCCNC(=O)CCC(=O)NCCCCCCN=C(NC(=O)OC(C)(C)C)NC(=O)OC(C)(C)C. The lowest BCUT2D eigenvalue weighted by Gasteiger charge is -2.22. The standard InChI is InChI=1S/C33H63N7O8/c1-31(2,3)46-28(43)38-24-16-20-34-19-14-15-22-36-26(42)18-17-25(41)35-21-12-10-11-13-23-37-27(39-29(44)47-32(4,5)6)40-30(45)48-33(7,8)9/h34H,10-24H2,1-9H3,(H,35,41)(H,36,42)(H,38,43)(H2,37,39,40,44,45). The van der Waals surface area contributed by atoms with Crippen molar-refractivity contribution in [1.29, 1.82) is 0 Å². The minimum absolute atomic E-state index is 0.0509. The topological polar surface area (TPSA) is 198 Å². The first kappa shape index (κ1) is 44.4. The number of unbranched alkanes of at least 4 members (excludes halogenated alkanes) is 4. The Morgan fingerprint density at radius 3 is 1.38 bits per heavy atom. The summed E-state index contributed by atoms with van der Waals surface area (Å²) in [6.07, 6.45) is 4.06. The summed E-state index contributed by atoms with van der Waals surface area (Å²) in [6.45, 7) is 19.4. The molecule has 48 heavy (non-hydrogen) atoms. The highest BCUT2D eigenvalue weighted by molar-refractivity contribution is 6.01. The third kappa shape index (κ3) is 31.0. The summed E-state index contributed by atoms with van der Waals surface area (Å²) in [6, 6.07) is 0. The molecule has 0 unspecified atom stereocenters. The Labute approximate surface area is 287 Å². The molecule has 0 atom stereocenters. The average Bonchev–Trinajstić information content (AvgIpc) is 2.91. The zero-order valence-corrected chi connectivity index (χ0v) is 30.8. The molecule has 0 aromatic rings. The van der Waals surface area contributed by atoms with Crippen LogP contribution < -0.4 is 31.9 Å². The second kappa shape index (κ2) is 23.7. The number of hydrogen-bond acceptors (Lipinski definition) is 10. The third-order valence-electron chi connectivity index (χ3n) is 5.80. The molecule has 0 heterocycles. The number of carbonyl (C=O) groups excluding carboxylic acids is 5. The predicted molar refractivity (Wildman–Crippen MR) is 186 cm³/mol. The minimum Gasteiger partial charge on any atom is -0.444 e. The molecule has 0 rings (SSSR count). The quantitative estimate of drug-likeness (QED) is 0.0498. The van der Waals surface area contributed by atoms with Crippen LogP contribution in [-0.2, 0) is 23.8 Å². The van der Waals surface area contributed by atoms with Gasteiger partial charge in [-0.1, -0.05) is 12.8 Å². The first-order chi connectivity index (χ1) is 22.3. The molecule has 278 valence electrons. The van der Waals surface area contributed by atoms with Crippen LogP contribution in [0.25, 0.3) is 0 Å². The van der Waals surface area contributed by atoms with Crippen molar-refractivity contribution in [3.05, 3.63) is 0 Å². The average molecular weight is 686 g/mol. The van der Waals surface area contributed by atoms with Crippen molar-refractivity contribution in [2.24, 2.45) is 4.99 Å². The number of hydrogen-bond donors (Lipinski definition) is 6. The van der Waals surface area contributed by atoms with E-state index in [0.717, 1.165) is 51.6 Å². The van der Waals surface area contributed by atoms with Crippen LogP contribution in [-0.4, -0.2) is 92.1 Å². The van der Waals surface area contributed by atoms with E-state index >= 15 is 0 Å². The number of ether oxygens (including phenoxy) is 3. The van der Waals surface area contributed by atoms with Crippen molar-refractivity contribution in [2.75, 3.05) is 39.3 Å². The van der Waals surface area contributed by atoms with Crippen LogP contribution in [0.1, 0.15) is 120 Å². The Hall–Kier alpha value is -3.62. The molecule has 15 heteroatoms. The molecule has 0 bridgehead atoms. The van der Waals surface area contributed by atoms with Gasteiger partial charge in [-0.25, -0.2) is 14.4 Å². The summed E-state index contributed by atoms with van der Waals surface area (Å²) < 4.78 is 15.7. The largest absolute Gasteiger partial charge is 0.444 e. The van der Waals surface area contributed by atoms with E-state index in [1.54, 1.807) is 41.5 Å². The van der Waals surface area contributed by atoms with Crippen LogP contribution >= 0.6 is 0 Å². The van der Waals surface area contributed by atoms with Crippen LogP contribution in [0.15, 0.2) is 4.99 Å². The van der Waals surface area contributed by atoms with Crippen LogP contribution in [0.5, 0.6) is 0 Å². The summed E-state index contributed by atoms with van der Waals surface area (Å²) in [7, 11) is 0. The smallest absolute Gasteiger partial charge is 0.414 e. The molecule has 0 radical (unpaired) electrons. The third-order valence-corrected chi connectivity index (χ3v) is 5.80. The fourth-order valence-electron chi connectivity index (χ4n) is 3.77.